The lowest BCUT2D eigenvalue weighted by Crippen LogP contribution is -2.57. The molecule has 8 heteroatoms. The number of benzene rings is 1. The van der Waals surface area contributed by atoms with Crippen LogP contribution in [-0.2, 0) is 11.3 Å². The number of halogens is 2. The molecular formula is C20H23BrClN3O3. The maximum absolute atomic E-state index is 12.3. The Bertz CT molecular complexity index is 814. The summed E-state index contributed by atoms with van der Waals surface area (Å²) >= 11 is 9.52. The third-order valence-electron chi connectivity index (χ3n) is 5.06. The average molecular weight is 469 g/mol. The minimum atomic E-state index is -0.314. The Morgan fingerprint density at radius 1 is 1.32 bits per heavy atom. The molecule has 3 rings (SSSR count). The molecule has 0 bridgehead atoms. The summed E-state index contributed by atoms with van der Waals surface area (Å²) in [6.45, 7) is 3.38. The summed E-state index contributed by atoms with van der Waals surface area (Å²) in [5.74, 6) is 0.773. The van der Waals surface area contributed by atoms with Gasteiger partial charge in [0.05, 0.1) is 25.8 Å². The summed E-state index contributed by atoms with van der Waals surface area (Å²) in [7, 11) is 1.64. The molecule has 0 spiro atoms. The first kappa shape index (κ1) is 21.0. The number of hydrogen-bond acceptors (Lipinski definition) is 5. The number of rotatable bonds is 5. The molecule has 2 unspecified atom stereocenters. The van der Waals surface area contributed by atoms with Gasteiger partial charge in [-0.3, -0.25) is 9.69 Å². The number of carbonyl (C=O) groups is 1. The molecule has 28 heavy (non-hydrogen) atoms. The average Bonchev–Trinajstić information content (AvgIpc) is 2.67. The lowest BCUT2D eigenvalue weighted by Gasteiger charge is -2.47. The number of methoxy groups -OCH3 is 1. The summed E-state index contributed by atoms with van der Waals surface area (Å²) in [6, 6.07) is 10.9. The van der Waals surface area contributed by atoms with Gasteiger partial charge in [-0.2, -0.15) is 0 Å². The van der Waals surface area contributed by atoms with Crippen LogP contribution in [0.4, 0.5) is 0 Å². The lowest BCUT2D eigenvalue weighted by atomic mass is 9.94. The van der Waals surface area contributed by atoms with E-state index in [1.807, 2.05) is 30.3 Å². The fourth-order valence-corrected chi connectivity index (χ4v) is 4.51. The van der Waals surface area contributed by atoms with Gasteiger partial charge in [-0.05, 0) is 51.3 Å². The number of amides is 1. The van der Waals surface area contributed by atoms with Crippen LogP contribution in [0, 0.1) is 0 Å². The van der Waals surface area contributed by atoms with Crippen molar-refractivity contribution in [3.05, 3.63) is 57.3 Å². The Labute approximate surface area is 178 Å². The van der Waals surface area contributed by atoms with Crippen LogP contribution < -0.4 is 4.74 Å². The van der Waals surface area contributed by atoms with E-state index in [9.17, 15) is 9.90 Å². The van der Waals surface area contributed by atoms with E-state index in [0.717, 1.165) is 16.9 Å². The quantitative estimate of drug-likeness (QED) is 0.682. The van der Waals surface area contributed by atoms with E-state index in [-0.39, 0.29) is 24.6 Å². The SMILES string of the molecule is COc1ccc(CN2CCN(C(C)=O)C(c3cc(Cl)nc(Br)c3)C2CO)cc1. The van der Waals surface area contributed by atoms with Crippen molar-refractivity contribution in [2.45, 2.75) is 25.6 Å². The van der Waals surface area contributed by atoms with Gasteiger partial charge in [0, 0.05) is 26.6 Å². The van der Waals surface area contributed by atoms with Crippen LogP contribution in [-0.4, -0.2) is 58.6 Å². The second-order valence-electron chi connectivity index (χ2n) is 6.77. The van der Waals surface area contributed by atoms with Crippen LogP contribution in [0.25, 0.3) is 0 Å². The molecule has 1 amide bonds. The highest BCUT2D eigenvalue weighted by Gasteiger charge is 2.38. The predicted molar refractivity (Wildman–Crippen MR) is 111 cm³/mol. The van der Waals surface area contributed by atoms with E-state index >= 15 is 0 Å². The van der Waals surface area contributed by atoms with Gasteiger partial charge in [0.2, 0.25) is 5.91 Å². The molecule has 1 aromatic heterocycles. The standard InChI is InChI=1S/C20H23BrClN3O3/c1-13(27)25-8-7-24(11-14-3-5-16(28-2)6-4-14)17(12-26)20(25)15-9-18(21)23-19(22)10-15/h3-6,9-10,17,20,26H,7-8,11-12H2,1-2H3. The number of nitrogens with zero attached hydrogens (tertiary/aromatic N) is 3. The number of piperazine rings is 1. The zero-order valence-electron chi connectivity index (χ0n) is 15.8. The highest BCUT2D eigenvalue weighted by Crippen LogP contribution is 2.34. The van der Waals surface area contributed by atoms with Gasteiger partial charge < -0.3 is 14.7 Å². The minimum Gasteiger partial charge on any atom is -0.497 e. The molecule has 6 nitrogen and oxygen atoms in total. The normalized spacial score (nSPS) is 20.2. The van der Waals surface area contributed by atoms with Crippen molar-refractivity contribution in [3.63, 3.8) is 0 Å². The van der Waals surface area contributed by atoms with Crippen LogP contribution in [0.2, 0.25) is 5.15 Å². The number of hydrogen-bond donors (Lipinski definition) is 1. The first-order valence-electron chi connectivity index (χ1n) is 9.01. The molecule has 1 saturated heterocycles. The molecule has 1 aromatic carbocycles. The van der Waals surface area contributed by atoms with E-state index in [1.165, 1.54) is 0 Å². The Balaban J connectivity index is 1.92. The molecule has 0 aliphatic carbocycles. The predicted octanol–water partition coefficient (Wildman–Crippen LogP) is 3.27. The largest absolute Gasteiger partial charge is 0.497 e. The van der Waals surface area contributed by atoms with Gasteiger partial charge in [0.15, 0.2) is 0 Å². The number of aromatic nitrogens is 1. The van der Waals surface area contributed by atoms with Crippen molar-refractivity contribution in [1.29, 1.82) is 0 Å². The number of carbonyl (C=O) groups excluding carboxylic acids is 1. The van der Waals surface area contributed by atoms with Crippen LogP contribution in [0.5, 0.6) is 5.75 Å². The Morgan fingerprint density at radius 2 is 2.04 bits per heavy atom. The molecule has 1 aliphatic heterocycles. The number of ether oxygens (including phenoxy) is 1. The summed E-state index contributed by atoms with van der Waals surface area (Å²) in [6.07, 6.45) is 0. The van der Waals surface area contributed by atoms with Crippen LogP contribution >= 0.6 is 27.5 Å². The van der Waals surface area contributed by atoms with Crippen LogP contribution in [0.1, 0.15) is 24.1 Å². The zero-order chi connectivity index (χ0) is 20.3. The second-order valence-corrected chi connectivity index (χ2v) is 7.97. The molecule has 2 heterocycles. The molecule has 1 N–H and O–H groups in total. The monoisotopic (exact) mass is 467 g/mol. The van der Waals surface area contributed by atoms with E-state index in [2.05, 4.69) is 25.8 Å². The van der Waals surface area contributed by atoms with E-state index in [1.54, 1.807) is 25.0 Å². The van der Waals surface area contributed by atoms with Gasteiger partial charge >= 0.3 is 0 Å². The van der Waals surface area contributed by atoms with Crippen molar-refractivity contribution in [3.8, 4) is 5.75 Å². The van der Waals surface area contributed by atoms with Gasteiger partial charge in [0.25, 0.3) is 0 Å². The number of aliphatic hydroxyl groups excluding tert-OH is 1. The van der Waals surface area contributed by atoms with Crippen LogP contribution in [0.3, 0.4) is 0 Å². The first-order valence-corrected chi connectivity index (χ1v) is 10.2. The highest BCUT2D eigenvalue weighted by molar-refractivity contribution is 9.10. The lowest BCUT2D eigenvalue weighted by molar-refractivity contribution is -0.137. The molecule has 150 valence electrons. The number of aliphatic hydroxyl groups is 1. The summed E-state index contributed by atoms with van der Waals surface area (Å²) in [5, 5.41) is 10.6. The third-order valence-corrected chi connectivity index (χ3v) is 5.66. The Hall–Kier alpha value is -1.67. The summed E-state index contributed by atoms with van der Waals surface area (Å²) < 4.78 is 5.82. The Kier molecular flexibility index (Phi) is 6.93. The van der Waals surface area contributed by atoms with E-state index < -0.39 is 0 Å². The number of pyridine rings is 1. The fourth-order valence-electron chi connectivity index (χ4n) is 3.74. The zero-order valence-corrected chi connectivity index (χ0v) is 18.2. The van der Waals surface area contributed by atoms with Gasteiger partial charge in [-0.1, -0.05) is 23.7 Å². The third kappa shape index (κ3) is 4.66. The summed E-state index contributed by atoms with van der Waals surface area (Å²) in [5.41, 5.74) is 1.96. The highest BCUT2D eigenvalue weighted by atomic mass is 79.9. The van der Waals surface area contributed by atoms with Crippen molar-refractivity contribution in [2.24, 2.45) is 0 Å². The smallest absolute Gasteiger partial charge is 0.220 e. The molecule has 2 atom stereocenters. The topological polar surface area (TPSA) is 65.9 Å². The maximum Gasteiger partial charge on any atom is 0.220 e. The van der Waals surface area contributed by atoms with E-state index in [0.29, 0.717) is 29.4 Å². The van der Waals surface area contributed by atoms with Gasteiger partial charge in [-0.15, -0.1) is 0 Å². The van der Waals surface area contributed by atoms with Crippen LogP contribution in [0.15, 0.2) is 41.0 Å². The minimum absolute atomic E-state index is 0.0309. The second kappa shape index (κ2) is 9.22. The molecule has 0 saturated carbocycles. The van der Waals surface area contributed by atoms with Crippen molar-refractivity contribution in [1.82, 2.24) is 14.8 Å². The molecule has 1 fully saturated rings. The summed E-state index contributed by atoms with van der Waals surface area (Å²) in [4.78, 5) is 20.4. The molecule has 0 radical (unpaired) electrons. The maximum atomic E-state index is 12.3. The molecule has 1 aliphatic rings. The molecular weight excluding hydrogens is 446 g/mol. The first-order chi connectivity index (χ1) is 13.4. The van der Waals surface area contributed by atoms with Gasteiger partial charge in [0.1, 0.15) is 15.5 Å². The van der Waals surface area contributed by atoms with Crippen molar-refractivity contribution >= 4 is 33.4 Å². The molecule has 2 aromatic rings. The van der Waals surface area contributed by atoms with Crippen molar-refractivity contribution in [2.75, 3.05) is 26.8 Å². The van der Waals surface area contributed by atoms with Crippen molar-refractivity contribution < 1.29 is 14.6 Å². The fraction of sp³-hybridized carbons (Fsp3) is 0.400. The van der Waals surface area contributed by atoms with E-state index in [4.69, 9.17) is 16.3 Å². The van der Waals surface area contributed by atoms with Gasteiger partial charge in [-0.25, -0.2) is 4.98 Å². The Morgan fingerprint density at radius 3 is 2.61 bits per heavy atom.